The first-order chi connectivity index (χ1) is 21.7. The second kappa shape index (κ2) is 12.9. The standard InChI is InChI=1S/C36H39N5O4/c1-36(2,3)45-35(42)41-22-20-40(21-23-41)30-17-11-16-28-32(38-39(4)33(28)30)29-18-19-31(43-24-26-12-7-5-8-13-26)37-34(29)44-25-27-14-9-6-10-15-27/h5-19H,20-25H2,1-4H3. The Kier molecular flexibility index (Phi) is 8.60. The summed E-state index contributed by atoms with van der Waals surface area (Å²) in [6, 6.07) is 30.1. The average molecular weight is 606 g/mol. The molecule has 5 aromatic rings. The van der Waals surface area contributed by atoms with Gasteiger partial charge in [-0.2, -0.15) is 10.1 Å². The van der Waals surface area contributed by atoms with E-state index >= 15 is 0 Å². The number of pyridine rings is 1. The zero-order chi connectivity index (χ0) is 31.4. The molecule has 1 amide bonds. The predicted octanol–water partition coefficient (Wildman–Crippen LogP) is 6.85. The highest BCUT2D eigenvalue weighted by Crippen LogP contribution is 2.38. The fourth-order valence-corrected chi connectivity index (χ4v) is 5.48. The van der Waals surface area contributed by atoms with Gasteiger partial charge in [-0.1, -0.05) is 72.8 Å². The van der Waals surface area contributed by atoms with E-state index < -0.39 is 5.60 Å². The Labute approximate surface area is 264 Å². The molecule has 1 aliphatic rings. The summed E-state index contributed by atoms with van der Waals surface area (Å²) < 4.78 is 19.9. The van der Waals surface area contributed by atoms with Crippen LogP contribution in [0.25, 0.3) is 22.2 Å². The highest BCUT2D eigenvalue weighted by molar-refractivity contribution is 6.01. The molecule has 6 rings (SSSR count). The van der Waals surface area contributed by atoms with Crippen LogP contribution in [0.5, 0.6) is 11.8 Å². The second-order valence-electron chi connectivity index (χ2n) is 12.2. The number of nitrogens with zero attached hydrogens (tertiary/aromatic N) is 5. The highest BCUT2D eigenvalue weighted by Gasteiger charge is 2.28. The minimum Gasteiger partial charge on any atom is -0.473 e. The molecule has 2 aromatic heterocycles. The number of rotatable bonds is 8. The number of fused-ring (bicyclic) bond motifs is 1. The van der Waals surface area contributed by atoms with E-state index in [0.717, 1.165) is 39.0 Å². The molecule has 3 aromatic carbocycles. The van der Waals surface area contributed by atoms with Crippen molar-refractivity contribution in [1.82, 2.24) is 19.7 Å². The molecular weight excluding hydrogens is 566 g/mol. The number of hydrogen-bond acceptors (Lipinski definition) is 7. The van der Waals surface area contributed by atoms with Crippen LogP contribution in [-0.4, -0.2) is 57.5 Å². The van der Waals surface area contributed by atoms with Gasteiger partial charge in [0.25, 0.3) is 0 Å². The topological polar surface area (TPSA) is 82.0 Å². The van der Waals surface area contributed by atoms with Crippen LogP contribution in [-0.2, 0) is 25.0 Å². The van der Waals surface area contributed by atoms with Crippen molar-refractivity contribution in [1.29, 1.82) is 0 Å². The van der Waals surface area contributed by atoms with Crippen molar-refractivity contribution < 1.29 is 19.0 Å². The van der Waals surface area contributed by atoms with Crippen LogP contribution >= 0.6 is 0 Å². The Morgan fingerprint density at radius 2 is 1.42 bits per heavy atom. The van der Waals surface area contributed by atoms with Gasteiger partial charge < -0.3 is 24.0 Å². The van der Waals surface area contributed by atoms with Crippen LogP contribution in [0.4, 0.5) is 10.5 Å². The fourth-order valence-electron chi connectivity index (χ4n) is 5.48. The zero-order valence-electron chi connectivity index (χ0n) is 26.3. The van der Waals surface area contributed by atoms with E-state index in [2.05, 4.69) is 23.1 Å². The van der Waals surface area contributed by atoms with Crippen LogP contribution in [0.1, 0.15) is 31.9 Å². The number of aryl methyl sites for hydroxylation is 1. The lowest BCUT2D eigenvalue weighted by molar-refractivity contribution is 0.0240. The van der Waals surface area contributed by atoms with Gasteiger partial charge in [-0.15, -0.1) is 0 Å². The van der Waals surface area contributed by atoms with Crippen LogP contribution in [0.2, 0.25) is 0 Å². The maximum atomic E-state index is 12.6. The summed E-state index contributed by atoms with van der Waals surface area (Å²) in [5, 5.41) is 5.98. The van der Waals surface area contributed by atoms with Gasteiger partial charge >= 0.3 is 6.09 Å². The number of anilines is 1. The van der Waals surface area contributed by atoms with Gasteiger partial charge in [-0.3, -0.25) is 4.68 Å². The Balaban J connectivity index is 1.29. The lowest BCUT2D eigenvalue weighted by Gasteiger charge is -2.37. The molecule has 0 saturated carbocycles. The van der Waals surface area contributed by atoms with Crippen molar-refractivity contribution in [3.05, 3.63) is 102 Å². The molecule has 1 fully saturated rings. The molecule has 0 unspecified atom stereocenters. The smallest absolute Gasteiger partial charge is 0.410 e. The van der Waals surface area contributed by atoms with E-state index in [9.17, 15) is 4.79 Å². The molecule has 1 saturated heterocycles. The van der Waals surface area contributed by atoms with Gasteiger partial charge in [-0.05, 0) is 44.0 Å². The quantitative estimate of drug-likeness (QED) is 0.191. The lowest BCUT2D eigenvalue weighted by Crippen LogP contribution is -2.50. The summed E-state index contributed by atoms with van der Waals surface area (Å²) in [5.41, 5.74) is 5.24. The Morgan fingerprint density at radius 3 is 2.07 bits per heavy atom. The normalized spacial score (nSPS) is 13.6. The Hall–Kier alpha value is -5.05. The van der Waals surface area contributed by atoms with Crippen molar-refractivity contribution in [2.24, 2.45) is 7.05 Å². The van der Waals surface area contributed by atoms with Crippen molar-refractivity contribution >= 4 is 22.7 Å². The number of ether oxygens (including phenoxy) is 3. The number of piperazine rings is 1. The SMILES string of the molecule is Cn1nc(-c2ccc(OCc3ccccc3)nc2OCc2ccccc2)c2cccc(N3CCN(C(=O)OC(C)(C)C)CC3)c21. The minimum absolute atomic E-state index is 0.269. The predicted molar refractivity (Wildman–Crippen MR) is 176 cm³/mol. The van der Waals surface area contributed by atoms with E-state index in [1.807, 2.05) is 105 Å². The first-order valence-corrected chi connectivity index (χ1v) is 15.3. The van der Waals surface area contributed by atoms with Gasteiger partial charge in [0.15, 0.2) is 0 Å². The van der Waals surface area contributed by atoms with Gasteiger partial charge in [0, 0.05) is 44.7 Å². The van der Waals surface area contributed by atoms with Gasteiger partial charge in [0.1, 0.15) is 24.5 Å². The third kappa shape index (κ3) is 7.03. The van der Waals surface area contributed by atoms with Gasteiger partial charge in [0.2, 0.25) is 11.8 Å². The molecule has 0 aliphatic carbocycles. The van der Waals surface area contributed by atoms with Crippen LogP contribution < -0.4 is 14.4 Å². The maximum Gasteiger partial charge on any atom is 0.410 e. The molecule has 1 aliphatic heterocycles. The molecule has 9 heteroatoms. The van der Waals surface area contributed by atoms with Crippen molar-refractivity contribution in [3.63, 3.8) is 0 Å². The van der Waals surface area contributed by atoms with Gasteiger partial charge in [0.05, 0.1) is 16.8 Å². The summed E-state index contributed by atoms with van der Waals surface area (Å²) >= 11 is 0. The van der Waals surface area contributed by atoms with E-state index in [-0.39, 0.29) is 6.09 Å². The van der Waals surface area contributed by atoms with E-state index in [4.69, 9.17) is 24.3 Å². The number of carbonyl (C=O) groups is 1. The fraction of sp³-hybridized carbons (Fsp3) is 0.306. The number of carbonyl (C=O) groups excluding carboxylic acids is 1. The van der Waals surface area contributed by atoms with Crippen LogP contribution in [0.15, 0.2) is 91.0 Å². The van der Waals surface area contributed by atoms with Gasteiger partial charge in [-0.25, -0.2) is 4.79 Å². The average Bonchev–Trinajstić information content (AvgIpc) is 3.39. The molecule has 9 nitrogen and oxygen atoms in total. The molecule has 0 N–H and O–H groups in total. The summed E-state index contributed by atoms with van der Waals surface area (Å²) in [5.74, 6) is 0.940. The molecule has 0 radical (unpaired) electrons. The first-order valence-electron chi connectivity index (χ1n) is 15.3. The van der Waals surface area contributed by atoms with Crippen molar-refractivity contribution in [3.8, 4) is 23.0 Å². The van der Waals surface area contributed by atoms with Crippen molar-refractivity contribution in [2.75, 3.05) is 31.1 Å². The van der Waals surface area contributed by atoms with E-state index in [1.165, 1.54) is 0 Å². The number of aromatic nitrogens is 3. The summed E-state index contributed by atoms with van der Waals surface area (Å²) in [6.45, 7) is 8.99. The van der Waals surface area contributed by atoms with Crippen molar-refractivity contribution in [2.45, 2.75) is 39.6 Å². The number of amides is 1. The number of benzene rings is 3. The lowest BCUT2D eigenvalue weighted by atomic mass is 10.1. The molecule has 232 valence electrons. The zero-order valence-corrected chi connectivity index (χ0v) is 26.3. The Morgan fingerprint density at radius 1 is 0.778 bits per heavy atom. The number of para-hydroxylation sites is 1. The highest BCUT2D eigenvalue weighted by atomic mass is 16.6. The molecule has 0 bridgehead atoms. The Bertz CT molecular complexity index is 1760. The first kappa shape index (κ1) is 30.0. The minimum atomic E-state index is -0.518. The van der Waals surface area contributed by atoms with E-state index in [1.54, 1.807) is 4.90 Å². The molecule has 0 atom stereocenters. The third-order valence-corrected chi connectivity index (χ3v) is 7.65. The summed E-state index contributed by atoms with van der Waals surface area (Å²) in [7, 11) is 1.96. The second-order valence-corrected chi connectivity index (χ2v) is 12.2. The molecular formula is C36H39N5O4. The maximum absolute atomic E-state index is 12.6. The monoisotopic (exact) mass is 605 g/mol. The van der Waals surface area contributed by atoms with Crippen LogP contribution in [0.3, 0.4) is 0 Å². The molecule has 45 heavy (non-hydrogen) atoms. The molecule has 0 spiro atoms. The summed E-state index contributed by atoms with van der Waals surface area (Å²) in [6.07, 6.45) is -0.269. The third-order valence-electron chi connectivity index (χ3n) is 7.65. The largest absolute Gasteiger partial charge is 0.473 e. The molecule has 3 heterocycles. The summed E-state index contributed by atoms with van der Waals surface area (Å²) in [4.78, 5) is 21.5. The number of hydrogen-bond donors (Lipinski definition) is 0. The van der Waals surface area contributed by atoms with Crippen LogP contribution in [0, 0.1) is 0 Å². The van der Waals surface area contributed by atoms with E-state index in [0.29, 0.717) is 51.2 Å².